The molecule has 0 spiro atoms. The first-order valence-corrected chi connectivity index (χ1v) is 7.03. The number of rotatable bonds is 3. The highest BCUT2D eigenvalue weighted by molar-refractivity contribution is 6.35. The zero-order valence-electron chi connectivity index (χ0n) is 11.3. The van der Waals surface area contributed by atoms with Crippen molar-refractivity contribution in [2.45, 2.75) is 37.6 Å². The molecule has 6 nitrogen and oxygen atoms in total. The number of carbonyl (C=O) groups is 1. The van der Waals surface area contributed by atoms with Gasteiger partial charge in [0.2, 0.25) is 0 Å². The molecule has 110 valence electrons. The number of hydrogen-bond donors (Lipinski definition) is 1. The van der Waals surface area contributed by atoms with Crippen LogP contribution in [0.2, 0.25) is 5.02 Å². The fraction of sp³-hybridized carbons (Fsp3) is 0.429. The zero-order chi connectivity index (χ0) is 15.5. The normalized spacial score (nSPS) is 16.8. The lowest BCUT2D eigenvalue weighted by Crippen LogP contribution is -2.48. The molecule has 0 atom stereocenters. The highest BCUT2D eigenvalue weighted by Gasteiger charge is 2.34. The van der Waals surface area contributed by atoms with Crippen molar-refractivity contribution in [2.24, 2.45) is 0 Å². The maximum Gasteiger partial charge on any atom is 0.288 e. The van der Waals surface area contributed by atoms with Gasteiger partial charge in [0.25, 0.3) is 11.6 Å². The molecule has 21 heavy (non-hydrogen) atoms. The van der Waals surface area contributed by atoms with Crippen LogP contribution in [0.15, 0.2) is 18.2 Å². The molecule has 0 radical (unpaired) electrons. The van der Waals surface area contributed by atoms with Crippen molar-refractivity contribution < 1.29 is 9.72 Å². The van der Waals surface area contributed by atoms with Crippen LogP contribution in [0.3, 0.4) is 0 Å². The molecule has 1 fully saturated rings. The first-order chi connectivity index (χ1) is 9.99. The van der Waals surface area contributed by atoms with Gasteiger partial charge in [-0.1, -0.05) is 36.9 Å². The minimum absolute atomic E-state index is 0.0195. The zero-order valence-corrected chi connectivity index (χ0v) is 12.0. The van der Waals surface area contributed by atoms with Gasteiger partial charge in [-0.25, -0.2) is 0 Å². The van der Waals surface area contributed by atoms with E-state index in [2.05, 4.69) is 11.4 Å². The number of nitrogens with zero attached hydrogens (tertiary/aromatic N) is 2. The van der Waals surface area contributed by atoms with Crippen LogP contribution in [0, 0.1) is 21.4 Å². The van der Waals surface area contributed by atoms with Crippen LogP contribution >= 0.6 is 11.6 Å². The van der Waals surface area contributed by atoms with E-state index < -0.39 is 16.4 Å². The standard InChI is InChI=1S/C14H14ClN3O3/c15-12-10(5-4-6-11(12)18(20)21)13(19)17-14(9-16)7-2-1-3-8-14/h4-6H,1-3,7-8H2,(H,17,19). The lowest BCUT2D eigenvalue weighted by molar-refractivity contribution is -0.384. The number of amides is 1. The third kappa shape index (κ3) is 3.14. The summed E-state index contributed by atoms with van der Waals surface area (Å²) in [5, 5.41) is 22.7. The average Bonchev–Trinajstić information content (AvgIpc) is 2.48. The average molecular weight is 308 g/mol. The highest BCUT2D eigenvalue weighted by atomic mass is 35.5. The molecule has 1 amide bonds. The molecule has 1 aromatic carbocycles. The van der Waals surface area contributed by atoms with Crippen molar-refractivity contribution in [3.63, 3.8) is 0 Å². The Morgan fingerprint density at radius 1 is 1.38 bits per heavy atom. The number of carbonyl (C=O) groups excluding carboxylic acids is 1. The van der Waals surface area contributed by atoms with Gasteiger partial charge in [-0.05, 0) is 18.9 Å². The van der Waals surface area contributed by atoms with Crippen LogP contribution in [-0.4, -0.2) is 16.4 Å². The Labute approximate surface area is 126 Å². The summed E-state index contributed by atoms with van der Waals surface area (Å²) in [6.07, 6.45) is 3.95. The maximum atomic E-state index is 12.3. The highest BCUT2D eigenvalue weighted by Crippen LogP contribution is 2.31. The van der Waals surface area contributed by atoms with E-state index in [9.17, 15) is 20.2 Å². The predicted molar refractivity (Wildman–Crippen MR) is 77.0 cm³/mol. The Morgan fingerprint density at radius 3 is 2.62 bits per heavy atom. The molecule has 1 N–H and O–H groups in total. The summed E-state index contributed by atoms with van der Waals surface area (Å²) in [5.74, 6) is -0.549. The fourth-order valence-corrected chi connectivity index (χ4v) is 2.82. The van der Waals surface area contributed by atoms with Gasteiger partial charge < -0.3 is 5.32 Å². The molecule has 0 heterocycles. The topological polar surface area (TPSA) is 96.0 Å². The molecule has 0 bridgehead atoms. The van der Waals surface area contributed by atoms with Gasteiger partial charge in [0.05, 0.1) is 16.6 Å². The third-order valence-corrected chi connectivity index (χ3v) is 4.09. The maximum absolute atomic E-state index is 12.3. The van der Waals surface area contributed by atoms with Crippen molar-refractivity contribution in [3.05, 3.63) is 38.9 Å². The smallest absolute Gasteiger partial charge is 0.288 e. The van der Waals surface area contributed by atoms with Crippen LogP contribution in [0.5, 0.6) is 0 Å². The van der Waals surface area contributed by atoms with Gasteiger partial charge in [0, 0.05) is 6.07 Å². The summed E-state index contributed by atoms with van der Waals surface area (Å²) in [6, 6.07) is 6.22. The monoisotopic (exact) mass is 307 g/mol. The van der Waals surface area contributed by atoms with Crippen molar-refractivity contribution in [1.82, 2.24) is 5.32 Å². The van der Waals surface area contributed by atoms with Crippen LogP contribution in [0.25, 0.3) is 0 Å². The lowest BCUT2D eigenvalue weighted by atomic mass is 9.82. The molecule has 7 heteroatoms. The lowest BCUT2D eigenvalue weighted by Gasteiger charge is -2.31. The SMILES string of the molecule is N#CC1(NC(=O)c2cccc([N+](=O)[O-])c2Cl)CCCCC1. The van der Waals surface area contributed by atoms with E-state index in [1.165, 1.54) is 18.2 Å². The quantitative estimate of drug-likeness (QED) is 0.685. The Hall–Kier alpha value is -2.13. The van der Waals surface area contributed by atoms with Crippen molar-refractivity contribution >= 4 is 23.2 Å². The largest absolute Gasteiger partial charge is 0.334 e. The fourth-order valence-electron chi connectivity index (χ4n) is 2.54. The molecule has 2 rings (SSSR count). The minimum atomic E-state index is -0.900. The molecular formula is C14H14ClN3O3. The predicted octanol–water partition coefficient (Wildman–Crippen LogP) is 3.20. The number of hydrogen-bond acceptors (Lipinski definition) is 4. The van der Waals surface area contributed by atoms with E-state index in [1.54, 1.807) is 0 Å². The Bertz CT molecular complexity index is 618. The van der Waals surface area contributed by atoms with E-state index in [4.69, 9.17) is 11.6 Å². The van der Waals surface area contributed by atoms with Gasteiger partial charge in [-0.3, -0.25) is 14.9 Å². The number of benzene rings is 1. The second kappa shape index (κ2) is 6.10. The number of nitrogens with one attached hydrogen (secondary N) is 1. The van der Waals surface area contributed by atoms with Crippen molar-refractivity contribution in [1.29, 1.82) is 5.26 Å². The number of halogens is 1. The second-order valence-electron chi connectivity index (χ2n) is 5.10. The molecule has 1 aromatic rings. The van der Waals surface area contributed by atoms with E-state index in [0.717, 1.165) is 19.3 Å². The Kier molecular flexibility index (Phi) is 4.43. The summed E-state index contributed by atoms with van der Waals surface area (Å²) < 4.78 is 0. The van der Waals surface area contributed by atoms with Crippen LogP contribution < -0.4 is 5.32 Å². The van der Waals surface area contributed by atoms with Crippen molar-refractivity contribution in [2.75, 3.05) is 0 Å². The van der Waals surface area contributed by atoms with E-state index in [-0.39, 0.29) is 16.3 Å². The van der Waals surface area contributed by atoms with Crippen LogP contribution in [0.1, 0.15) is 42.5 Å². The van der Waals surface area contributed by atoms with Crippen LogP contribution in [-0.2, 0) is 0 Å². The summed E-state index contributed by atoms with van der Waals surface area (Å²) in [4.78, 5) is 22.5. The van der Waals surface area contributed by atoms with Gasteiger partial charge in [-0.15, -0.1) is 0 Å². The summed E-state index contributed by atoms with van der Waals surface area (Å²) in [6.45, 7) is 0. The first kappa shape index (κ1) is 15.3. The minimum Gasteiger partial charge on any atom is -0.334 e. The number of nitro groups is 1. The summed E-state index contributed by atoms with van der Waals surface area (Å²) >= 11 is 5.92. The summed E-state index contributed by atoms with van der Waals surface area (Å²) in [7, 11) is 0. The third-order valence-electron chi connectivity index (χ3n) is 3.69. The van der Waals surface area contributed by atoms with Gasteiger partial charge in [-0.2, -0.15) is 5.26 Å². The molecule has 0 saturated heterocycles. The molecular weight excluding hydrogens is 294 g/mol. The molecule has 1 aliphatic carbocycles. The molecule has 0 unspecified atom stereocenters. The first-order valence-electron chi connectivity index (χ1n) is 6.66. The number of nitriles is 1. The molecule has 0 aliphatic heterocycles. The van der Waals surface area contributed by atoms with Crippen LogP contribution in [0.4, 0.5) is 5.69 Å². The summed E-state index contributed by atoms with van der Waals surface area (Å²) in [5.41, 5.74) is -1.20. The molecule has 1 saturated carbocycles. The molecule has 1 aliphatic rings. The Morgan fingerprint density at radius 2 is 2.05 bits per heavy atom. The molecule has 0 aromatic heterocycles. The number of nitro benzene ring substituents is 1. The second-order valence-corrected chi connectivity index (χ2v) is 5.48. The van der Waals surface area contributed by atoms with Crippen molar-refractivity contribution in [3.8, 4) is 6.07 Å². The van der Waals surface area contributed by atoms with E-state index in [1.807, 2.05) is 0 Å². The van der Waals surface area contributed by atoms with Gasteiger partial charge in [0.15, 0.2) is 0 Å². The van der Waals surface area contributed by atoms with E-state index >= 15 is 0 Å². The van der Waals surface area contributed by atoms with E-state index in [0.29, 0.717) is 12.8 Å². The van der Waals surface area contributed by atoms with Gasteiger partial charge in [0.1, 0.15) is 10.6 Å². The Balaban J connectivity index is 2.27. The van der Waals surface area contributed by atoms with Gasteiger partial charge >= 0.3 is 0 Å².